The average molecular weight is 405 g/mol. The van der Waals surface area contributed by atoms with E-state index in [1.807, 2.05) is 19.9 Å². The molecule has 0 aliphatic rings. The summed E-state index contributed by atoms with van der Waals surface area (Å²) in [6, 6.07) is 6.30. The number of thioether (sulfide) groups is 2. The van der Waals surface area contributed by atoms with E-state index in [0.717, 1.165) is 17.3 Å². The first-order chi connectivity index (χ1) is 11.7. The molecular weight excluding hydrogens is 371 g/mol. The van der Waals surface area contributed by atoms with Gasteiger partial charge in [0.2, 0.25) is 0 Å². The molecule has 2 atom stereocenters. The maximum atomic E-state index is 6.25. The fraction of sp³-hybridized carbons (Fsp3) is 0.684. The monoisotopic (exact) mass is 404 g/mol. The third-order valence-electron chi connectivity index (χ3n) is 3.39. The van der Waals surface area contributed by atoms with Crippen LogP contribution in [0, 0.1) is 6.92 Å². The average Bonchev–Trinajstić information content (AvgIpc) is 2.48. The topological polar surface area (TPSA) is 27.7 Å². The highest BCUT2D eigenvalue weighted by Crippen LogP contribution is 2.48. The Bertz CT molecular complexity index is 506. The summed E-state index contributed by atoms with van der Waals surface area (Å²) in [5, 5.41) is 0. The Morgan fingerprint density at radius 2 is 1.52 bits per heavy atom. The third-order valence-corrected chi connectivity index (χ3v) is 6.79. The molecule has 0 aliphatic carbocycles. The van der Waals surface area contributed by atoms with Crippen LogP contribution in [0.2, 0.25) is 0 Å². The van der Waals surface area contributed by atoms with E-state index < -0.39 is 8.60 Å². The lowest BCUT2D eigenvalue weighted by molar-refractivity contribution is 0.194. The van der Waals surface area contributed by atoms with Crippen LogP contribution in [0.5, 0.6) is 5.75 Å². The van der Waals surface area contributed by atoms with E-state index in [4.69, 9.17) is 13.6 Å². The molecule has 0 fully saturated rings. The van der Waals surface area contributed by atoms with Gasteiger partial charge in [-0.05, 0) is 43.8 Å². The van der Waals surface area contributed by atoms with Crippen LogP contribution in [0.15, 0.2) is 18.2 Å². The molecule has 1 aromatic rings. The molecule has 6 heteroatoms. The lowest BCUT2D eigenvalue weighted by Crippen LogP contribution is -2.15. The molecule has 0 saturated carbocycles. The van der Waals surface area contributed by atoms with Crippen molar-refractivity contribution in [2.45, 2.75) is 71.7 Å². The minimum Gasteiger partial charge on any atom is -0.426 e. The first-order valence-corrected chi connectivity index (χ1v) is 12.0. The van der Waals surface area contributed by atoms with E-state index in [1.165, 1.54) is 11.1 Å². The van der Waals surface area contributed by atoms with Crippen molar-refractivity contribution in [2.75, 3.05) is 11.5 Å². The van der Waals surface area contributed by atoms with Crippen LogP contribution in [0.1, 0.15) is 59.6 Å². The maximum absolute atomic E-state index is 6.25. The maximum Gasteiger partial charge on any atom is 0.399 e. The van der Waals surface area contributed by atoms with Crippen LogP contribution in [0.4, 0.5) is 0 Å². The third kappa shape index (κ3) is 8.53. The predicted molar refractivity (Wildman–Crippen MR) is 115 cm³/mol. The summed E-state index contributed by atoms with van der Waals surface area (Å²) in [5.74, 6) is 2.86. The molecular formula is C19H33O3PS2. The van der Waals surface area contributed by atoms with Gasteiger partial charge in [0.25, 0.3) is 0 Å². The molecule has 0 saturated heterocycles. The SMILES string of the molecule is CCSC(C)OP(Oc1ccc(C)cc1C(C)(C)C)OC(C)SCC. The first kappa shape index (κ1) is 23.1. The summed E-state index contributed by atoms with van der Waals surface area (Å²) in [7, 11) is -1.45. The van der Waals surface area contributed by atoms with Crippen molar-refractivity contribution in [3.63, 3.8) is 0 Å². The van der Waals surface area contributed by atoms with Gasteiger partial charge < -0.3 is 4.52 Å². The van der Waals surface area contributed by atoms with Gasteiger partial charge in [-0.25, -0.2) is 0 Å². The molecule has 144 valence electrons. The summed E-state index contributed by atoms with van der Waals surface area (Å²) < 4.78 is 18.4. The van der Waals surface area contributed by atoms with E-state index in [2.05, 4.69) is 53.7 Å². The number of benzene rings is 1. The van der Waals surface area contributed by atoms with E-state index in [-0.39, 0.29) is 16.3 Å². The number of hydrogen-bond acceptors (Lipinski definition) is 5. The highest BCUT2D eigenvalue weighted by Gasteiger charge is 2.26. The van der Waals surface area contributed by atoms with Crippen LogP contribution in [-0.2, 0) is 14.5 Å². The van der Waals surface area contributed by atoms with Gasteiger partial charge in [-0.15, -0.1) is 23.5 Å². The van der Waals surface area contributed by atoms with Crippen molar-refractivity contribution in [2.24, 2.45) is 0 Å². The summed E-state index contributed by atoms with van der Waals surface area (Å²) in [4.78, 5) is 0. The summed E-state index contributed by atoms with van der Waals surface area (Å²) in [6.45, 7) is 17.1. The summed E-state index contributed by atoms with van der Waals surface area (Å²) >= 11 is 3.50. The second-order valence-electron chi connectivity index (χ2n) is 6.82. The van der Waals surface area contributed by atoms with Crippen LogP contribution < -0.4 is 4.52 Å². The van der Waals surface area contributed by atoms with Crippen LogP contribution in [0.25, 0.3) is 0 Å². The molecule has 0 N–H and O–H groups in total. The van der Waals surface area contributed by atoms with E-state index in [9.17, 15) is 0 Å². The number of hydrogen-bond donors (Lipinski definition) is 0. The van der Waals surface area contributed by atoms with Gasteiger partial charge in [0.15, 0.2) is 0 Å². The lowest BCUT2D eigenvalue weighted by Gasteiger charge is -2.27. The van der Waals surface area contributed by atoms with Crippen molar-refractivity contribution in [1.29, 1.82) is 0 Å². The Hall–Kier alpha value is 0.0700. The quantitative estimate of drug-likeness (QED) is 0.305. The van der Waals surface area contributed by atoms with Gasteiger partial charge in [0, 0.05) is 5.56 Å². The van der Waals surface area contributed by atoms with Gasteiger partial charge in [-0.2, -0.15) is 0 Å². The lowest BCUT2D eigenvalue weighted by atomic mass is 9.85. The molecule has 1 rings (SSSR count). The van der Waals surface area contributed by atoms with Gasteiger partial charge in [-0.3, -0.25) is 9.05 Å². The molecule has 0 radical (unpaired) electrons. The van der Waals surface area contributed by atoms with Crippen molar-refractivity contribution in [1.82, 2.24) is 0 Å². The Morgan fingerprint density at radius 3 is 1.96 bits per heavy atom. The van der Waals surface area contributed by atoms with Crippen molar-refractivity contribution >= 4 is 32.1 Å². The zero-order valence-corrected chi connectivity index (χ0v) is 19.3. The minimum absolute atomic E-state index is 0.00404. The molecule has 0 bridgehead atoms. The molecule has 0 spiro atoms. The molecule has 1 aromatic carbocycles. The minimum atomic E-state index is -1.45. The van der Waals surface area contributed by atoms with Crippen molar-refractivity contribution in [3.8, 4) is 5.75 Å². The Balaban J connectivity index is 2.99. The van der Waals surface area contributed by atoms with Crippen LogP contribution >= 0.6 is 32.1 Å². The normalized spacial score (nSPS) is 15.7. The van der Waals surface area contributed by atoms with E-state index in [1.54, 1.807) is 23.5 Å². The second-order valence-corrected chi connectivity index (χ2v) is 11.0. The smallest absolute Gasteiger partial charge is 0.399 e. The second kappa shape index (κ2) is 11.0. The van der Waals surface area contributed by atoms with Gasteiger partial charge in [-0.1, -0.05) is 52.3 Å². The fourth-order valence-corrected chi connectivity index (χ4v) is 5.02. The number of rotatable bonds is 10. The summed E-state index contributed by atoms with van der Waals surface area (Å²) in [5.41, 5.74) is 2.49. The first-order valence-electron chi connectivity index (χ1n) is 8.83. The molecule has 2 unspecified atom stereocenters. The van der Waals surface area contributed by atoms with Gasteiger partial charge in [0.1, 0.15) is 16.6 Å². The highest BCUT2D eigenvalue weighted by atomic mass is 32.2. The molecule has 0 heterocycles. The van der Waals surface area contributed by atoms with E-state index >= 15 is 0 Å². The largest absolute Gasteiger partial charge is 0.426 e. The Morgan fingerprint density at radius 1 is 1.00 bits per heavy atom. The van der Waals surface area contributed by atoms with E-state index in [0.29, 0.717) is 0 Å². The van der Waals surface area contributed by atoms with Crippen molar-refractivity contribution < 1.29 is 13.6 Å². The van der Waals surface area contributed by atoms with Crippen LogP contribution in [0.3, 0.4) is 0 Å². The summed E-state index contributed by atoms with van der Waals surface area (Å²) in [6.07, 6.45) is 0. The zero-order valence-electron chi connectivity index (χ0n) is 16.8. The molecule has 25 heavy (non-hydrogen) atoms. The standard InChI is InChI=1S/C19H33O3PS2/c1-9-24-15(4)20-23(21-16(5)25-10-2)22-18-12-11-14(3)13-17(18)19(6,7)8/h11-13,15-16H,9-10H2,1-8H3. The van der Waals surface area contributed by atoms with Crippen LogP contribution in [-0.4, -0.2) is 22.4 Å². The molecule has 0 aromatic heterocycles. The fourth-order valence-electron chi connectivity index (χ4n) is 2.23. The van der Waals surface area contributed by atoms with Gasteiger partial charge in [0.05, 0.1) is 0 Å². The zero-order chi connectivity index (χ0) is 19.0. The molecule has 3 nitrogen and oxygen atoms in total. The highest BCUT2D eigenvalue weighted by molar-refractivity contribution is 8.00. The number of aryl methyl sites for hydroxylation is 1. The van der Waals surface area contributed by atoms with Crippen molar-refractivity contribution in [3.05, 3.63) is 29.3 Å². The van der Waals surface area contributed by atoms with Gasteiger partial charge >= 0.3 is 8.60 Å². The molecule has 0 aliphatic heterocycles. The predicted octanol–water partition coefficient (Wildman–Crippen LogP) is 7.13. The Labute approximate surface area is 164 Å². The Kier molecular flexibility index (Phi) is 10.2. The molecule has 0 amide bonds.